The smallest absolute Gasteiger partial charge is 0.0726 e. The van der Waals surface area contributed by atoms with Gasteiger partial charge >= 0.3 is 0 Å². The van der Waals surface area contributed by atoms with Crippen LogP contribution in [-0.4, -0.2) is 0 Å². The van der Waals surface area contributed by atoms with E-state index in [0.29, 0.717) is 5.92 Å². The van der Waals surface area contributed by atoms with Crippen LogP contribution in [0.15, 0.2) is 218 Å². The van der Waals surface area contributed by atoms with Gasteiger partial charge in [-0.25, -0.2) is 0 Å². The molecule has 0 aromatic heterocycles. The highest BCUT2D eigenvalue weighted by atomic mass is 15.1. The predicted molar refractivity (Wildman–Crippen MR) is 266 cm³/mol. The average molecular weight is 818 g/mol. The molecule has 4 bridgehead atoms. The molecule has 2 saturated carbocycles. The molecule has 9 aromatic rings. The first-order valence-electron chi connectivity index (χ1n) is 23.4. The van der Waals surface area contributed by atoms with Crippen molar-refractivity contribution in [2.75, 3.05) is 4.90 Å². The van der Waals surface area contributed by atoms with Gasteiger partial charge in [-0.2, -0.15) is 0 Å². The zero-order chi connectivity index (χ0) is 42.0. The molecule has 64 heavy (non-hydrogen) atoms. The van der Waals surface area contributed by atoms with Crippen LogP contribution in [0.4, 0.5) is 17.1 Å². The summed E-state index contributed by atoms with van der Waals surface area (Å²) in [6.07, 6.45) is 9.02. The van der Waals surface area contributed by atoms with Crippen molar-refractivity contribution in [1.29, 1.82) is 0 Å². The minimum atomic E-state index is -0.413. The normalized spacial score (nSPS) is 20.2. The molecule has 0 heterocycles. The molecule has 0 saturated heterocycles. The number of nitrogens with zero attached hydrogens (tertiary/aromatic N) is 1. The first-order chi connectivity index (χ1) is 31.7. The van der Waals surface area contributed by atoms with Gasteiger partial charge in [0.05, 0.1) is 5.41 Å². The lowest BCUT2D eigenvalue weighted by Gasteiger charge is -2.54. The van der Waals surface area contributed by atoms with Crippen LogP contribution in [0.3, 0.4) is 0 Å². The Morgan fingerprint density at radius 3 is 1.55 bits per heavy atom. The molecule has 3 atom stereocenters. The maximum absolute atomic E-state index is 2.65. The van der Waals surface area contributed by atoms with Gasteiger partial charge < -0.3 is 4.90 Å². The van der Waals surface area contributed by atoms with Gasteiger partial charge in [0.25, 0.3) is 0 Å². The van der Waals surface area contributed by atoms with Crippen molar-refractivity contribution in [2.24, 2.45) is 11.8 Å². The second-order valence-electron chi connectivity index (χ2n) is 19.3. The van der Waals surface area contributed by atoms with Crippen molar-refractivity contribution in [1.82, 2.24) is 0 Å². The van der Waals surface area contributed by atoms with E-state index in [1.807, 2.05) is 0 Å². The van der Waals surface area contributed by atoms with Crippen molar-refractivity contribution >= 4 is 27.8 Å². The van der Waals surface area contributed by atoms with Gasteiger partial charge in [0.2, 0.25) is 0 Å². The molecule has 2 fully saturated rings. The van der Waals surface area contributed by atoms with Crippen molar-refractivity contribution in [2.45, 2.75) is 42.9 Å². The molecule has 15 rings (SSSR count). The summed E-state index contributed by atoms with van der Waals surface area (Å²) in [5.41, 5.74) is 22.5. The molecule has 6 aliphatic rings. The average Bonchev–Trinajstić information content (AvgIpc) is 3.81. The summed E-state index contributed by atoms with van der Waals surface area (Å²) in [6.45, 7) is 0. The van der Waals surface area contributed by atoms with Crippen LogP contribution < -0.4 is 4.90 Å². The van der Waals surface area contributed by atoms with Gasteiger partial charge in [0.15, 0.2) is 0 Å². The van der Waals surface area contributed by atoms with E-state index in [2.05, 4.69) is 217 Å². The Morgan fingerprint density at radius 2 is 0.922 bits per heavy atom. The number of rotatable bonds is 6. The molecule has 9 aromatic carbocycles. The van der Waals surface area contributed by atoms with Gasteiger partial charge in [-0.05, 0) is 157 Å². The number of benzene rings is 9. The van der Waals surface area contributed by atoms with E-state index in [1.165, 1.54) is 132 Å². The predicted octanol–water partition coefficient (Wildman–Crippen LogP) is 16.4. The molecule has 0 N–H and O–H groups in total. The number of allylic oxidation sites excluding steroid dienone is 2. The molecule has 0 amide bonds. The minimum Gasteiger partial charge on any atom is -0.310 e. The highest BCUT2D eigenvalue weighted by Crippen LogP contribution is 2.64. The van der Waals surface area contributed by atoms with Crippen molar-refractivity contribution < 1.29 is 0 Å². The summed E-state index contributed by atoms with van der Waals surface area (Å²) in [4.78, 5) is 2.62. The first kappa shape index (κ1) is 36.3. The molecule has 1 spiro atoms. The van der Waals surface area contributed by atoms with Crippen molar-refractivity contribution in [3.63, 3.8) is 0 Å². The summed E-state index contributed by atoms with van der Waals surface area (Å²) in [5.74, 6) is 1.48. The maximum atomic E-state index is 2.65. The molecule has 0 radical (unpaired) electrons. The molecule has 0 aliphatic heterocycles. The van der Waals surface area contributed by atoms with Gasteiger partial charge in [-0.1, -0.05) is 188 Å². The fourth-order valence-electron chi connectivity index (χ4n) is 13.8. The van der Waals surface area contributed by atoms with E-state index in [0.717, 1.165) is 5.92 Å². The van der Waals surface area contributed by atoms with Gasteiger partial charge in [-0.15, -0.1) is 0 Å². The summed E-state index contributed by atoms with van der Waals surface area (Å²) in [6, 6.07) is 78.2. The summed E-state index contributed by atoms with van der Waals surface area (Å²) >= 11 is 0. The Kier molecular flexibility index (Phi) is 7.73. The standard InChI is InChI=1S/C63H47N/c1-2-14-44(15-3-1)48-32-33-49(51-17-5-4-16-50(48)51)45-26-28-46(29-27-45)64(61-25-13-12-24-59(61)62-38-41-34-42(39-62)36-43(35-41)40-62)47-30-31-55-54-20-8-11-23-58(54)63(60(55)37-47)56-21-9-6-18-52(56)53-19-7-10-22-57(53)63/h1-34,37,41,43H,35-36,38-40H2/t41?,43-,62?/m1/s1. The number of fused-ring (bicyclic) bond motifs is 11. The molecule has 6 aliphatic carbocycles. The topological polar surface area (TPSA) is 3.24 Å². The third-order valence-corrected chi connectivity index (χ3v) is 16.0. The minimum absolute atomic E-state index is 0.154. The molecule has 2 unspecified atom stereocenters. The van der Waals surface area contributed by atoms with Crippen LogP contribution in [0.1, 0.15) is 59.9 Å². The number of hydrogen-bond donors (Lipinski definition) is 0. The third kappa shape index (κ3) is 5.07. The Hall–Kier alpha value is -7.22. The molecule has 1 nitrogen and oxygen atoms in total. The van der Waals surface area contributed by atoms with Crippen LogP contribution in [0.2, 0.25) is 0 Å². The van der Waals surface area contributed by atoms with Gasteiger partial charge in [0.1, 0.15) is 0 Å². The second kappa shape index (κ2) is 13.6. The lowest BCUT2D eigenvalue weighted by molar-refractivity contribution is 0.131. The quantitative estimate of drug-likeness (QED) is 0.151. The van der Waals surface area contributed by atoms with E-state index < -0.39 is 5.41 Å². The fourth-order valence-corrected chi connectivity index (χ4v) is 13.8. The molecular weight excluding hydrogens is 771 g/mol. The third-order valence-electron chi connectivity index (χ3n) is 16.0. The molecule has 304 valence electrons. The first-order valence-corrected chi connectivity index (χ1v) is 23.4. The van der Waals surface area contributed by atoms with Crippen LogP contribution in [0.5, 0.6) is 0 Å². The van der Waals surface area contributed by atoms with E-state index >= 15 is 0 Å². The number of hydrogen-bond acceptors (Lipinski definition) is 1. The second-order valence-corrected chi connectivity index (χ2v) is 19.3. The Balaban J connectivity index is 0.974. The lowest BCUT2D eigenvalue weighted by atomic mass is 9.51. The van der Waals surface area contributed by atoms with E-state index in [9.17, 15) is 0 Å². The Labute approximate surface area is 376 Å². The SMILES string of the molecule is C1=C2C[C@H]3CC1CC(c1ccccc1N(c1ccc(-c4ccc(-c5ccccc5)c5ccccc45)cc1)c1ccc4c(c1)C1(c5ccccc5-c5ccccc51)c1ccccc1-4)(C2)C3. The van der Waals surface area contributed by atoms with Crippen LogP contribution in [0, 0.1) is 11.8 Å². The number of para-hydroxylation sites is 1. The van der Waals surface area contributed by atoms with E-state index in [-0.39, 0.29) is 5.41 Å². The molecule has 1 heteroatoms. The van der Waals surface area contributed by atoms with Gasteiger partial charge in [0, 0.05) is 22.5 Å². The Morgan fingerprint density at radius 1 is 0.406 bits per heavy atom. The Bertz CT molecular complexity index is 3330. The van der Waals surface area contributed by atoms with Crippen LogP contribution in [-0.2, 0) is 10.8 Å². The van der Waals surface area contributed by atoms with E-state index in [1.54, 1.807) is 5.57 Å². The van der Waals surface area contributed by atoms with Crippen molar-refractivity contribution in [3.8, 4) is 44.5 Å². The van der Waals surface area contributed by atoms with E-state index in [4.69, 9.17) is 0 Å². The highest BCUT2D eigenvalue weighted by molar-refractivity contribution is 6.05. The van der Waals surface area contributed by atoms with Gasteiger partial charge in [-0.3, -0.25) is 0 Å². The highest BCUT2D eigenvalue weighted by Gasteiger charge is 2.52. The largest absolute Gasteiger partial charge is 0.310 e. The summed E-state index contributed by atoms with van der Waals surface area (Å²) in [7, 11) is 0. The van der Waals surface area contributed by atoms with Crippen molar-refractivity contribution in [3.05, 3.63) is 246 Å². The lowest BCUT2D eigenvalue weighted by Crippen LogP contribution is -2.44. The molecular formula is C63H47N. The fraction of sp³-hybridized carbons (Fsp3) is 0.143. The summed E-state index contributed by atoms with van der Waals surface area (Å²) in [5, 5.41) is 2.55. The van der Waals surface area contributed by atoms with Crippen LogP contribution >= 0.6 is 0 Å². The maximum Gasteiger partial charge on any atom is 0.0726 e. The monoisotopic (exact) mass is 817 g/mol. The zero-order valence-corrected chi connectivity index (χ0v) is 35.8. The summed E-state index contributed by atoms with van der Waals surface area (Å²) < 4.78 is 0. The number of anilines is 3. The zero-order valence-electron chi connectivity index (χ0n) is 35.8. The van der Waals surface area contributed by atoms with Crippen LogP contribution in [0.25, 0.3) is 55.3 Å².